The number of halogens is 1. The Balaban J connectivity index is 0.00000220. The van der Waals surface area contributed by atoms with Gasteiger partial charge in [0.25, 0.3) is 0 Å². The molecule has 0 radical (unpaired) electrons. The zero-order valence-corrected chi connectivity index (χ0v) is 13.8. The number of rotatable bonds is 5. The van der Waals surface area contributed by atoms with Gasteiger partial charge in [-0.05, 0) is 43.4 Å². The molecule has 0 unspecified atom stereocenters. The SMILES string of the molecule is COc1cc(C)cc(OC)c1[C@H](N)[C@H](O)C1CCCC1.Cl. The van der Waals surface area contributed by atoms with Gasteiger partial charge in [-0.2, -0.15) is 0 Å². The van der Waals surface area contributed by atoms with E-state index in [4.69, 9.17) is 15.2 Å². The normalized spacial score (nSPS) is 18.0. The summed E-state index contributed by atoms with van der Waals surface area (Å²) in [5.74, 6) is 1.65. The largest absolute Gasteiger partial charge is 0.496 e. The average Bonchev–Trinajstić information content (AvgIpc) is 2.98. The molecular formula is C16H26ClNO3. The molecule has 1 fully saturated rings. The summed E-state index contributed by atoms with van der Waals surface area (Å²) in [5.41, 5.74) is 8.12. The maximum absolute atomic E-state index is 10.5. The Bertz CT molecular complexity index is 436. The third-order valence-corrected chi connectivity index (χ3v) is 4.27. The molecule has 120 valence electrons. The molecule has 1 aliphatic rings. The van der Waals surface area contributed by atoms with Crippen LogP contribution in [0.5, 0.6) is 11.5 Å². The van der Waals surface area contributed by atoms with E-state index < -0.39 is 12.1 Å². The van der Waals surface area contributed by atoms with Gasteiger partial charge in [-0.25, -0.2) is 0 Å². The summed E-state index contributed by atoms with van der Waals surface area (Å²) in [4.78, 5) is 0. The van der Waals surface area contributed by atoms with Crippen LogP contribution in [0.15, 0.2) is 12.1 Å². The van der Waals surface area contributed by atoms with Gasteiger partial charge in [-0.1, -0.05) is 12.8 Å². The Morgan fingerprint density at radius 1 is 1.14 bits per heavy atom. The van der Waals surface area contributed by atoms with Crippen molar-refractivity contribution in [3.8, 4) is 11.5 Å². The molecule has 1 aromatic carbocycles. The van der Waals surface area contributed by atoms with Crippen molar-refractivity contribution in [3.05, 3.63) is 23.3 Å². The molecule has 0 heterocycles. The fourth-order valence-corrected chi connectivity index (χ4v) is 3.16. The van der Waals surface area contributed by atoms with Crippen molar-refractivity contribution in [1.29, 1.82) is 0 Å². The summed E-state index contributed by atoms with van der Waals surface area (Å²) in [6.45, 7) is 1.98. The molecule has 1 aliphatic carbocycles. The van der Waals surface area contributed by atoms with Crippen molar-refractivity contribution in [2.45, 2.75) is 44.8 Å². The fraction of sp³-hybridized carbons (Fsp3) is 0.625. The highest BCUT2D eigenvalue weighted by atomic mass is 35.5. The van der Waals surface area contributed by atoms with E-state index in [0.717, 1.165) is 24.0 Å². The van der Waals surface area contributed by atoms with Crippen LogP contribution in [-0.4, -0.2) is 25.4 Å². The van der Waals surface area contributed by atoms with Gasteiger partial charge in [0.05, 0.1) is 31.9 Å². The Hall–Kier alpha value is -0.970. The number of methoxy groups -OCH3 is 2. The molecule has 1 aromatic rings. The quantitative estimate of drug-likeness (QED) is 0.876. The summed E-state index contributed by atoms with van der Waals surface area (Å²) in [6, 6.07) is 3.38. The Labute approximate surface area is 133 Å². The van der Waals surface area contributed by atoms with E-state index in [1.165, 1.54) is 12.8 Å². The summed E-state index contributed by atoms with van der Waals surface area (Å²) >= 11 is 0. The van der Waals surface area contributed by atoms with E-state index in [1.54, 1.807) is 14.2 Å². The molecular weight excluding hydrogens is 290 g/mol. The van der Waals surface area contributed by atoms with Gasteiger partial charge in [-0.3, -0.25) is 0 Å². The predicted octanol–water partition coefficient (Wildman–Crippen LogP) is 2.98. The lowest BCUT2D eigenvalue weighted by Gasteiger charge is -2.27. The van der Waals surface area contributed by atoms with Gasteiger partial charge in [0, 0.05) is 0 Å². The van der Waals surface area contributed by atoms with Crippen LogP contribution in [0.2, 0.25) is 0 Å². The summed E-state index contributed by atoms with van der Waals surface area (Å²) in [6.07, 6.45) is 3.90. The minimum Gasteiger partial charge on any atom is -0.496 e. The fourth-order valence-electron chi connectivity index (χ4n) is 3.16. The Morgan fingerprint density at radius 3 is 2.05 bits per heavy atom. The molecule has 5 heteroatoms. The van der Waals surface area contributed by atoms with E-state index >= 15 is 0 Å². The maximum Gasteiger partial charge on any atom is 0.127 e. The van der Waals surface area contributed by atoms with Crippen molar-refractivity contribution in [3.63, 3.8) is 0 Å². The van der Waals surface area contributed by atoms with Crippen LogP contribution >= 0.6 is 12.4 Å². The van der Waals surface area contributed by atoms with Crippen LogP contribution in [0.25, 0.3) is 0 Å². The highest BCUT2D eigenvalue weighted by Gasteiger charge is 2.32. The van der Waals surface area contributed by atoms with Crippen LogP contribution in [0, 0.1) is 12.8 Å². The van der Waals surface area contributed by atoms with Crippen LogP contribution in [0.4, 0.5) is 0 Å². The molecule has 1 saturated carbocycles. The van der Waals surface area contributed by atoms with E-state index in [0.29, 0.717) is 11.5 Å². The summed E-state index contributed by atoms with van der Waals surface area (Å²) in [5, 5.41) is 10.5. The number of aliphatic hydroxyl groups excluding tert-OH is 1. The van der Waals surface area contributed by atoms with Crippen molar-refractivity contribution < 1.29 is 14.6 Å². The van der Waals surface area contributed by atoms with Crippen molar-refractivity contribution in [1.82, 2.24) is 0 Å². The Morgan fingerprint density at radius 2 is 1.62 bits per heavy atom. The number of ether oxygens (including phenoxy) is 2. The zero-order chi connectivity index (χ0) is 14.7. The highest BCUT2D eigenvalue weighted by Crippen LogP contribution is 2.40. The number of hydrogen-bond acceptors (Lipinski definition) is 4. The number of nitrogens with two attached hydrogens (primary N) is 1. The second kappa shape index (κ2) is 7.87. The van der Waals surface area contributed by atoms with Crippen LogP contribution in [-0.2, 0) is 0 Å². The topological polar surface area (TPSA) is 64.7 Å². The average molecular weight is 316 g/mol. The molecule has 0 amide bonds. The maximum atomic E-state index is 10.5. The standard InChI is InChI=1S/C16H25NO3.ClH/c1-10-8-12(19-2)14(13(9-10)20-3)15(17)16(18)11-6-4-5-7-11;/h8-9,11,15-16,18H,4-7,17H2,1-3H3;1H/t15-,16+;/m0./s1. The summed E-state index contributed by atoms with van der Waals surface area (Å²) < 4.78 is 10.9. The first kappa shape index (κ1) is 18.1. The molecule has 2 rings (SSSR count). The second-order valence-electron chi connectivity index (χ2n) is 5.64. The summed E-state index contributed by atoms with van der Waals surface area (Å²) in [7, 11) is 3.23. The molecule has 0 spiro atoms. The van der Waals surface area contributed by atoms with E-state index in [-0.39, 0.29) is 18.3 Å². The molecule has 0 aromatic heterocycles. The van der Waals surface area contributed by atoms with Crippen molar-refractivity contribution >= 4 is 12.4 Å². The van der Waals surface area contributed by atoms with Gasteiger partial charge in [-0.15, -0.1) is 12.4 Å². The number of aliphatic hydroxyl groups is 1. The lowest BCUT2D eigenvalue weighted by Crippen LogP contribution is -2.32. The van der Waals surface area contributed by atoms with Crippen LogP contribution in [0.3, 0.4) is 0 Å². The smallest absolute Gasteiger partial charge is 0.127 e. The molecule has 3 N–H and O–H groups in total. The highest BCUT2D eigenvalue weighted by molar-refractivity contribution is 5.85. The zero-order valence-electron chi connectivity index (χ0n) is 13.0. The third-order valence-electron chi connectivity index (χ3n) is 4.27. The molecule has 4 nitrogen and oxygen atoms in total. The van der Waals surface area contributed by atoms with Gasteiger partial charge in [0.1, 0.15) is 11.5 Å². The van der Waals surface area contributed by atoms with Crippen LogP contribution in [0.1, 0.15) is 42.9 Å². The van der Waals surface area contributed by atoms with E-state index in [9.17, 15) is 5.11 Å². The molecule has 21 heavy (non-hydrogen) atoms. The van der Waals surface area contributed by atoms with Crippen LogP contribution < -0.4 is 15.2 Å². The van der Waals surface area contributed by atoms with E-state index in [1.807, 2.05) is 19.1 Å². The third kappa shape index (κ3) is 3.82. The first-order chi connectivity index (χ1) is 9.58. The molecule has 2 atom stereocenters. The van der Waals surface area contributed by atoms with Gasteiger partial charge < -0.3 is 20.3 Å². The number of hydrogen-bond donors (Lipinski definition) is 2. The lowest BCUT2D eigenvalue weighted by atomic mass is 9.89. The van der Waals surface area contributed by atoms with Gasteiger partial charge in [0.15, 0.2) is 0 Å². The second-order valence-corrected chi connectivity index (χ2v) is 5.64. The van der Waals surface area contributed by atoms with Crippen molar-refractivity contribution in [2.24, 2.45) is 11.7 Å². The van der Waals surface area contributed by atoms with Gasteiger partial charge in [0.2, 0.25) is 0 Å². The van der Waals surface area contributed by atoms with Crippen molar-refractivity contribution in [2.75, 3.05) is 14.2 Å². The number of aryl methyl sites for hydroxylation is 1. The minimum absolute atomic E-state index is 0. The minimum atomic E-state index is -0.553. The van der Waals surface area contributed by atoms with E-state index in [2.05, 4.69) is 0 Å². The molecule has 0 bridgehead atoms. The first-order valence-electron chi connectivity index (χ1n) is 7.24. The molecule has 0 aliphatic heterocycles. The first-order valence-corrected chi connectivity index (χ1v) is 7.24. The predicted molar refractivity (Wildman–Crippen MR) is 86.4 cm³/mol. The molecule has 0 saturated heterocycles. The monoisotopic (exact) mass is 315 g/mol. The van der Waals surface area contributed by atoms with Gasteiger partial charge >= 0.3 is 0 Å². The number of benzene rings is 1. The lowest BCUT2D eigenvalue weighted by molar-refractivity contribution is 0.0826. The Kier molecular flexibility index (Phi) is 6.78.